The number of fused-ring (bicyclic) bond motifs is 1. The van der Waals surface area contributed by atoms with Gasteiger partial charge in [-0.1, -0.05) is 0 Å². The van der Waals surface area contributed by atoms with Gasteiger partial charge in [-0.05, 0) is 23.6 Å². The SMILES string of the molecule is [CH2-]OCC(O)COCCO.[CH2-]OCC(O)COc1ccc2ccc(=O)[nH]c2c1.[Rf]. The zero-order valence-corrected chi connectivity index (χ0v) is 22.7. The maximum absolute atomic E-state index is 11.2. The van der Waals surface area contributed by atoms with Gasteiger partial charge >= 0.3 is 0 Å². The number of benzene rings is 1. The van der Waals surface area contributed by atoms with E-state index in [0.717, 1.165) is 5.39 Å². The van der Waals surface area contributed by atoms with Gasteiger partial charge in [-0.3, -0.25) is 4.79 Å². The molecular weight excluding hydrogens is 637 g/mol. The fourth-order valence-electron chi connectivity index (χ4n) is 2.06. The summed E-state index contributed by atoms with van der Waals surface area (Å²) in [6.45, 7) is 0.774. The van der Waals surface area contributed by atoms with Crippen molar-refractivity contribution in [1.82, 2.24) is 4.98 Å². The van der Waals surface area contributed by atoms with E-state index in [1.807, 2.05) is 6.07 Å². The van der Waals surface area contributed by atoms with E-state index in [2.05, 4.69) is 28.7 Å². The first-order chi connectivity index (χ1) is 13.5. The molecule has 0 aliphatic carbocycles. The third-order valence-corrected chi connectivity index (χ3v) is 3.31. The first-order valence-corrected chi connectivity index (χ1v) is 8.54. The predicted octanol–water partition coefficient (Wildman–Crippen LogP) is 0.240. The number of aliphatic hydroxyl groups is 3. The van der Waals surface area contributed by atoms with Crippen molar-refractivity contribution in [2.24, 2.45) is 0 Å². The van der Waals surface area contributed by atoms with Crippen LogP contribution in [-0.4, -0.2) is 72.2 Å². The van der Waals surface area contributed by atoms with Crippen molar-refractivity contribution >= 4 is 10.9 Å². The average molecular weight is 664 g/mol. The number of hydrogen-bond acceptors (Lipinski definition) is 8. The van der Waals surface area contributed by atoms with Gasteiger partial charge < -0.3 is 39.3 Å². The summed E-state index contributed by atoms with van der Waals surface area (Å²) in [5, 5.41) is 27.5. The number of aromatic amines is 1. The molecule has 160 valence electrons. The van der Waals surface area contributed by atoms with Crippen LogP contribution in [0.4, 0.5) is 0 Å². The van der Waals surface area contributed by atoms with Crippen LogP contribution < -0.4 is 10.3 Å². The Hall–Kier alpha value is -3.01. The minimum atomic E-state index is -0.729. The molecule has 0 fully saturated rings. The van der Waals surface area contributed by atoms with Gasteiger partial charge in [0.15, 0.2) is 0 Å². The van der Waals surface area contributed by atoms with Crippen molar-refractivity contribution in [3.05, 3.63) is 54.9 Å². The van der Waals surface area contributed by atoms with Gasteiger partial charge in [0, 0.05) is 25.3 Å². The summed E-state index contributed by atoms with van der Waals surface area (Å²) in [4.78, 5) is 13.9. The quantitative estimate of drug-likeness (QED) is 0.199. The molecule has 0 radical (unpaired) electrons. The zero-order valence-electron chi connectivity index (χ0n) is 16.3. The normalized spacial score (nSPS) is 12.4. The minimum Gasteiger partial charge on any atom is -0.553 e. The molecule has 2 rings (SSSR count). The number of rotatable bonds is 11. The van der Waals surface area contributed by atoms with Crippen LogP contribution in [0.1, 0.15) is 0 Å². The van der Waals surface area contributed by atoms with Crippen molar-refractivity contribution in [3.8, 4) is 5.75 Å². The Morgan fingerprint density at radius 1 is 0.966 bits per heavy atom. The molecule has 1 aromatic carbocycles. The molecule has 1 heterocycles. The third-order valence-electron chi connectivity index (χ3n) is 3.31. The van der Waals surface area contributed by atoms with Crippen LogP contribution in [0.15, 0.2) is 35.1 Å². The molecule has 0 amide bonds. The number of aromatic nitrogens is 1. The summed E-state index contributed by atoms with van der Waals surface area (Å²) in [6.07, 6.45) is -1.38. The fourth-order valence-corrected chi connectivity index (χ4v) is 2.06. The first-order valence-electron chi connectivity index (χ1n) is 8.54. The van der Waals surface area contributed by atoms with Crippen LogP contribution >= 0.6 is 0 Å². The number of aliphatic hydroxyl groups excluding tert-OH is 3. The van der Waals surface area contributed by atoms with E-state index in [-0.39, 0.29) is 45.2 Å². The van der Waals surface area contributed by atoms with Crippen molar-refractivity contribution in [2.45, 2.75) is 12.2 Å². The van der Waals surface area contributed by atoms with Gasteiger partial charge in [0.1, 0.15) is 18.5 Å². The van der Waals surface area contributed by atoms with Crippen LogP contribution in [0.25, 0.3) is 10.9 Å². The molecule has 2 aromatic rings. The van der Waals surface area contributed by atoms with Crippen LogP contribution in [0.2, 0.25) is 0 Å². The van der Waals surface area contributed by atoms with Crippen molar-refractivity contribution < 1.29 is 34.3 Å². The monoisotopic (exact) mass is 664 g/mol. The van der Waals surface area contributed by atoms with Gasteiger partial charge in [-0.15, -0.1) is 0 Å². The fraction of sp³-hybridized carbons (Fsp3) is 0.421. The van der Waals surface area contributed by atoms with Gasteiger partial charge in [0.25, 0.3) is 0 Å². The van der Waals surface area contributed by atoms with E-state index in [1.54, 1.807) is 18.2 Å². The Bertz CT molecular complexity index is 727. The Labute approximate surface area is 163 Å². The summed E-state index contributed by atoms with van der Waals surface area (Å²) in [5.74, 6) is 0.576. The smallest absolute Gasteiger partial charge is 0.248 e. The molecule has 2 unspecified atom stereocenters. The maximum atomic E-state index is 11.2. The molecule has 0 saturated heterocycles. The van der Waals surface area contributed by atoms with Crippen molar-refractivity contribution in [3.63, 3.8) is 0 Å². The molecule has 9 nitrogen and oxygen atoms in total. The number of pyridine rings is 1. The summed E-state index contributed by atoms with van der Waals surface area (Å²) in [7, 11) is 6.26. The van der Waals surface area contributed by atoms with Crippen LogP contribution in [0.5, 0.6) is 5.75 Å². The van der Waals surface area contributed by atoms with E-state index < -0.39 is 12.2 Å². The van der Waals surface area contributed by atoms with Gasteiger partial charge in [0.05, 0.1) is 31.4 Å². The predicted molar refractivity (Wildman–Crippen MR) is 103 cm³/mol. The molecule has 2 atom stereocenters. The Kier molecular flexibility index (Phi) is 13.4. The van der Waals surface area contributed by atoms with Gasteiger partial charge in [0.2, 0.25) is 5.56 Å². The Balaban J connectivity index is 0.000000616. The third kappa shape index (κ3) is 10.8. The molecule has 0 aliphatic rings. The molecular formula is C19H27NO8Rf-2. The number of ether oxygens (including phenoxy) is 4. The van der Waals surface area contributed by atoms with Crippen LogP contribution in [-0.2, 0) is 14.2 Å². The van der Waals surface area contributed by atoms with E-state index in [0.29, 0.717) is 11.3 Å². The molecule has 10 heteroatoms. The van der Waals surface area contributed by atoms with E-state index in [9.17, 15) is 9.90 Å². The standard InChI is InChI=1S/C13H14NO4.C6H13O4.Rf/c1-17-7-10(15)8-18-11-4-2-9-3-5-13(16)14-12(9)6-11;1-9-4-6(8)5-10-3-2-7;/h2-6,10,15H,1,7-8H2,(H,14,16);6-8H,1-5H2;/q2*-1;. The maximum Gasteiger partial charge on any atom is 0.248 e. The zero-order chi connectivity index (χ0) is 20.8. The van der Waals surface area contributed by atoms with Gasteiger partial charge in [-0.25, -0.2) is 14.2 Å². The molecule has 0 aliphatic heterocycles. The van der Waals surface area contributed by atoms with Crippen molar-refractivity contribution in [1.29, 1.82) is 0 Å². The number of nitrogens with one attached hydrogen (secondary N) is 1. The van der Waals surface area contributed by atoms with E-state index in [4.69, 9.17) is 19.7 Å². The second kappa shape index (κ2) is 15.0. The second-order valence-corrected chi connectivity index (χ2v) is 5.73. The second-order valence-electron chi connectivity index (χ2n) is 5.73. The van der Waals surface area contributed by atoms with Crippen molar-refractivity contribution in [2.75, 3.05) is 39.6 Å². The average Bonchev–Trinajstić information content (AvgIpc) is 2.67. The topological polar surface area (TPSA) is 130 Å². The van der Waals surface area contributed by atoms with E-state index >= 15 is 0 Å². The molecule has 0 bridgehead atoms. The molecule has 0 spiro atoms. The largest absolute Gasteiger partial charge is 0.553 e. The summed E-state index contributed by atoms with van der Waals surface area (Å²) in [6, 6.07) is 8.54. The molecule has 4 N–H and O–H groups in total. The summed E-state index contributed by atoms with van der Waals surface area (Å²) in [5.41, 5.74) is 0.535. The molecule has 0 saturated carbocycles. The Morgan fingerprint density at radius 3 is 2.21 bits per heavy atom. The first kappa shape index (κ1) is 26.0. The molecule has 1 aromatic heterocycles. The number of hydrogen-bond donors (Lipinski definition) is 4. The summed E-state index contributed by atoms with van der Waals surface area (Å²) >= 11 is 0. The van der Waals surface area contributed by atoms with E-state index in [1.165, 1.54) is 6.07 Å². The van der Waals surface area contributed by atoms with Gasteiger partial charge in [-0.2, -0.15) is 0 Å². The number of H-pyrrole nitrogens is 1. The Morgan fingerprint density at radius 2 is 1.59 bits per heavy atom. The summed E-state index contributed by atoms with van der Waals surface area (Å²) < 4.78 is 19.1. The van der Waals surface area contributed by atoms with Crippen LogP contribution in [0.3, 0.4) is 0 Å². The van der Waals surface area contributed by atoms with Crippen LogP contribution in [0, 0.1) is 14.2 Å². The minimum absolute atomic E-state index is 0. The molecule has 29 heavy (non-hydrogen) atoms.